The van der Waals surface area contributed by atoms with Crippen LogP contribution in [0.5, 0.6) is 0 Å². The number of rotatable bonds is 7. The number of carbonyl (C=O) groups excluding carboxylic acids is 1. The van der Waals surface area contributed by atoms with Crippen LogP contribution < -0.4 is 15.5 Å². The highest BCUT2D eigenvalue weighted by molar-refractivity contribution is 7.80. The lowest BCUT2D eigenvalue weighted by atomic mass is 9.92. The van der Waals surface area contributed by atoms with Crippen LogP contribution in [0.15, 0.2) is 42.9 Å². The first-order valence-corrected chi connectivity index (χ1v) is 12.8. The van der Waals surface area contributed by atoms with E-state index < -0.39 is 6.09 Å². The second-order valence-electron chi connectivity index (χ2n) is 9.35. The first-order chi connectivity index (χ1) is 18.3. The van der Waals surface area contributed by atoms with Crippen molar-refractivity contribution in [2.45, 2.75) is 32.2 Å². The van der Waals surface area contributed by atoms with Crippen molar-refractivity contribution in [3.05, 3.63) is 48.4 Å². The average Bonchev–Trinajstić information content (AvgIpc) is 3.34. The number of likely N-dealkylation sites (tertiary alicyclic amines) is 1. The van der Waals surface area contributed by atoms with Gasteiger partial charge in [-0.05, 0) is 54.7 Å². The molecule has 0 unspecified atom stereocenters. The molecule has 2 atom stereocenters. The fraction of sp³-hybridized carbons (Fsp3) is 0.385. The van der Waals surface area contributed by atoms with Crippen LogP contribution >= 0.6 is 12.2 Å². The van der Waals surface area contributed by atoms with Crippen LogP contribution in [0.3, 0.4) is 0 Å². The summed E-state index contributed by atoms with van der Waals surface area (Å²) in [5, 5.41) is 24.5. The van der Waals surface area contributed by atoms with Crippen molar-refractivity contribution in [2.24, 2.45) is 5.92 Å². The van der Waals surface area contributed by atoms with Gasteiger partial charge in [-0.1, -0.05) is 19.1 Å². The summed E-state index contributed by atoms with van der Waals surface area (Å²) in [6.07, 6.45) is 3.66. The maximum atomic E-state index is 12.4. The SMILES string of the molecule is C[C@@H]1CCN(C(=O)CC#N)C[C@@H]1N(C)c1ncnc2c1ccn2C(=S)Nc1ccc(CCNC(=O)O)cc1. The number of nitriles is 1. The summed E-state index contributed by atoms with van der Waals surface area (Å²) in [5.41, 5.74) is 2.47. The van der Waals surface area contributed by atoms with Crippen LogP contribution in [0.2, 0.25) is 0 Å². The van der Waals surface area contributed by atoms with Gasteiger partial charge in [0, 0.05) is 38.6 Å². The molecule has 0 saturated carbocycles. The third-order valence-electron chi connectivity index (χ3n) is 6.91. The molecule has 0 bridgehead atoms. The number of carbonyl (C=O) groups is 2. The Kier molecular flexibility index (Phi) is 8.38. The highest BCUT2D eigenvalue weighted by atomic mass is 32.1. The molecule has 0 spiro atoms. The monoisotopic (exact) mass is 534 g/mol. The van der Waals surface area contributed by atoms with Crippen molar-refractivity contribution in [2.75, 3.05) is 36.9 Å². The van der Waals surface area contributed by atoms with Gasteiger partial charge in [-0.25, -0.2) is 14.8 Å². The second-order valence-corrected chi connectivity index (χ2v) is 9.73. The molecule has 2 amide bonds. The third-order valence-corrected chi connectivity index (χ3v) is 7.21. The van der Waals surface area contributed by atoms with Gasteiger partial charge in [0.25, 0.3) is 0 Å². The van der Waals surface area contributed by atoms with Crippen molar-refractivity contribution in [1.82, 2.24) is 24.8 Å². The minimum absolute atomic E-state index is 0.0436. The number of piperidine rings is 1. The maximum absolute atomic E-state index is 12.4. The Hall–Kier alpha value is -4.24. The Bertz CT molecular complexity index is 1370. The largest absolute Gasteiger partial charge is 0.465 e. The topological polar surface area (TPSA) is 139 Å². The van der Waals surface area contributed by atoms with Gasteiger partial charge in [0.15, 0.2) is 10.8 Å². The summed E-state index contributed by atoms with van der Waals surface area (Å²) in [4.78, 5) is 35.9. The molecule has 3 N–H and O–H groups in total. The molecule has 1 fully saturated rings. The second kappa shape index (κ2) is 11.9. The van der Waals surface area contributed by atoms with Crippen LogP contribution in [-0.4, -0.2) is 74.4 Å². The van der Waals surface area contributed by atoms with Gasteiger partial charge >= 0.3 is 6.09 Å². The van der Waals surface area contributed by atoms with E-state index in [1.807, 2.05) is 49.6 Å². The molecule has 0 radical (unpaired) electrons. The van der Waals surface area contributed by atoms with E-state index >= 15 is 0 Å². The molecule has 2 aromatic heterocycles. The fourth-order valence-electron chi connectivity index (χ4n) is 4.75. The standard InChI is InChI=1S/C26H30N8O3S/c1-17-9-13-33(22(35)7-11-27)15-21(17)32(2)23-20-10-14-34(24(20)30-16-29-23)25(38)31-19-5-3-18(4-6-19)8-12-28-26(36)37/h3-6,10,14,16-17,21,28H,7-9,12-13,15H2,1-2H3,(H,31,38)(H,36,37)/t17-,21+/m1/s1. The van der Waals surface area contributed by atoms with E-state index in [-0.39, 0.29) is 18.4 Å². The normalized spacial score (nSPS) is 17.0. The molecule has 0 aliphatic carbocycles. The molecule has 12 heteroatoms. The molecular weight excluding hydrogens is 504 g/mol. The van der Waals surface area contributed by atoms with Gasteiger partial charge in [-0.15, -0.1) is 0 Å². The molecular formula is C26H30N8O3S. The van der Waals surface area contributed by atoms with Crippen molar-refractivity contribution in [1.29, 1.82) is 5.26 Å². The molecule has 1 aromatic carbocycles. The van der Waals surface area contributed by atoms with E-state index in [1.165, 1.54) is 6.33 Å². The fourth-order valence-corrected chi connectivity index (χ4v) is 5.02. The average molecular weight is 535 g/mol. The summed E-state index contributed by atoms with van der Waals surface area (Å²) in [6, 6.07) is 11.6. The number of likely N-dealkylation sites (N-methyl/N-ethyl adjacent to an activating group) is 1. The molecule has 1 aliphatic heterocycles. The zero-order chi connectivity index (χ0) is 27.2. The zero-order valence-electron chi connectivity index (χ0n) is 21.3. The highest BCUT2D eigenvalue weighted by Gasteiger charge is 2.32. The number of nitrogens with zero attached hydrogens (tertiary/aromatic N) is 6. The van der Waals surface area contributed by atoms with Crippen molar-refractivity contribution in [3.63, 3.8) is 0 Å². The lowest BCUT2D eigenvalue weighted by Gasteiger charge is -2.42. The van der Waals surface area contributed by atoms with Crippen LogP contribution in [0, 0.1) is 17.2 Å². The highest BCUT2D eigenvalue weighted by Crippen LogP contribution is 2.30. The van der Waals surface area contributed by atoms with Gasteiger partial charge < -0.3 is 25.5 Å². The van der Waals surface area contributed by atoms with Crippen LogP contribution in [-0.2, 0) is 11.2 Å². The van der Waals surface area contributed by atoms with Crippen molar-refractivity contribution >= 4 is 51.9 Å². The van der Waals surface area contributed by atoms with Gasteiger partial charge in [0.1, 0.15) is 18.6 Å². The van der Waals surface area contributed by atoms with Gasteiger partial charge in [0.2, 0.25) is 5.91 Å². The molecule has 4 rings (SSSR count). The zero-order valence-corrected chi connectivity index (χ0v) is 22.1. The summed E-state index contributed by atoms with van der Waals surface area (Å²) in [5.74, 6) is 0.948. The quantitative estimate of drug-likeness (QED) is 0.390. The Morgan fingerprint density at radius 1 is 1.26 bits per heavy atom. The van der Waals surface area contributed by atoms with Gasteiger partial charge in [-0.2, -0.15) is 5.26 Å². The molecule has 198 valence electrons. The number of fused-ring (bicyclic) bond motifs is 1. The lowest BCUT2D eigenvalue weighted by Crippen LogP contribution is -2.52. The smallest absolute Gasteiger partial charge is 0.404 e. The Morgan fingerprint density at radius 2 is 2.03 bits per heavy atom. The summed E-state index contributed by atoms with van der Waals surface area (Å²) in [6.45, 7) is 3.71. The number of nitrogens with one attached hydrogen (secondary N) is 2. The van der Waals surface area contributed by atoms with Crippen LogP contribution in [0.1, 0.15) is 25.3 Å². The molecule has 3 aromatic rings. The van der Waals surface area contributed by atoms with E-state index in [9.17, 15) is 9.59 Å². The van der Waals surface area contributed by atoms with E-state index in [2.05, 4.69) is 32.4 Å². The van der Waals surface area contributed by atoms with Crippen molar-refractivity contribution in [3.8, 4) is 6.07 Å². The van der Waals surface area contributed by atoms with E-state index in [0.29, 0.717) is 42.7 Å². The first-order valence-electron chi connectivity index (χ1n) is 12.3. The Labute approximate surface area is 226 Å². The van der Waals surface area contributed by atoms with E-state index in [1.54, 1.807) is 9.47 Å². The minimum Gasteiger partial charge on any atom is -0.465 e. The number of thiocarbonyl (C=S) groups is 1. The molecule has 3 heterocycles. The predicted molar refractivity (Wildman–Crippen MR) is 148 cm³/mol. The number of amides is 2. The Balaban J connectivity index is 1.49. The molecule has 38 heavy (non-hydrogen) atoms. The van der Waals surface area contributed by atoms with Crippen LogP contribution in [0.25, 0.3) is 11.0 Å². The predicted octanol–water partition coefficient (Wildman–Crippen LogP) is 3.07. The number of anilines is 2. The number of hydrogen-bond acceptors (Lipinski definition) is 7. The van der Waals surface area contributed by atoms with Gasteiger partial charge in [0.05, 0.1) is 17.5 Å². The van der Waals surface area contributed by atoms with Crippen LogP contribution in [0.4, 0.5) is 16.3 Å². The van der Waals surface area contributed by atoms with Crippen molar-refractivity contribution < 1.29 is 14.7 Å². The lowest BCUT2D eigenvalue weighted by molar-refractivity contribution is -0.131. The van der Waals surface area contributed by atoms with Gasteiger partial charge in [-0.3, -0.25) is 9.36 Å². The molecule has 1 saturated heterocycles. The third kappa shape index (κ3) is 6.00. The number of carboxylic acid groups (broad SMARTS) is 1. The summed E-state index contributed by atoms with van der Waals surface area (Å²) < 4.78 is 1.79. The van der Waals surface area contributed by atoms with E-state index in [0.717, 1.165) is 28.9 Å². The Morgan fingerprint density at radius 3 is 2.74 bits per heavy atom. The molecule has 11 nitrogen and oxygen atoms in total. The minimum atomic E-state index is -1.04. The maximum Gasteiger partial charge on any atom is 0.404 e. The summed E-state index contributed by atoms with van der Waals surface area (Å²) in [7, 11) is 1.97. The molecule has 1 aliphatic rings. The first kappa shape index (κ1) is 26.8. The van der Waals surface area contributed by atoms with E-state index in [4.69, 9.17) is 22.6 Å². The summed E-state index contributed by atoms with van der Waals surface area (Å²) >= 11 is 5.67. The number of aromatic nitrogens is 3. The number of hydrogen-bond donors (Lipinski definition) is 3. The number of benzene rings is 1.